The van der Waals surface area contributed by atoms with E-state index in [9.17, 15) is 13.2 Å². The molecule has 0 aliphatic carbocycles. The number of ether oxygens (including phenoxy) is 2. The minimum absolute atomic E-state index is 0.0322. The van der Waals surface area contributed by atoms with Crippen molar-refractivity contribution in [1.29, 1.82) is 0 Å². The lowest BCUT2D eigenvalue weighted by Gasteiger charge is -2.31. The Morgan fingerprint density at radius 2 is 1.70 bits per heavy atom. The zero-order valence-corrected chi connectivity index (χ0v) is 17.7. The van der Waals surface area contributed by atoms with Crippen LogP contribution in [0.5, 0.6) is 11.5 Å². The summed E-state index contributed by atoms with van der Waals surface area (Å²) in [5, 5.41) is 3.19. The number of halogens is 3. The number of para-hydroxylation sites is 1. The molecular formula is C27H20F3NO2. The van der Waals surface area contributed by atoms with Gasteiger partial charge in [-0.3, -0.25) is 0 Å². The third-order valence-corrected chi connectivity index (χ3v) is 5.71. The van der Waals surface area contributed by atoms with Gasteiger partial charge in [0.15, 0.2) is 0 Å². The Labute approximate surface area is 189 Å². The van der Waals surface area contributed by atoms with Crippen molar-refractivity contribution in [2.24, 2.45) is 0 Å². The summed E-state index contributed by atoms with van der Waals surface area (Å²) >= 11 is 0. The number of rotatable bonds is 5. The summed E-state index contributed by atoms with van der Waals surface area (Å²) < 4.78 is 51.4. The summed E-state index contributed by atoms with van der Waals surface area (Å²) in [5.74, 6) is 0.0537. The number of benzene rings is 4. The molecule has 0 amide bonds. The lowest BCUT2D eigenvalue weighted by Crippen LogP contribution is -2.17. The van der Waals surface area contributed by atoms with Gasteiger partial charge in [0.25, 0.3) is 0 Å². The van der Waals surface area contributed by atoms with Gasteiger partial charge in [0.05, 0.1) is 5.56 Å². The van der Waals surface area contributed by atoms with Gasteiger partial charge >= 0.3 is 6.61 Å². The van der Waals surface area contributed by atoms with Crippen LogP contribution in [0.2, 0.25) is 0 Å². The largest absolute Gasteiger partial charge is 0.480 e. The second kappa shape index (κ2) is 8.54. The second-order valence-corrected chi connectivity index (χ2v) is 7.66. The van der Waals surface area contributed by atoms with Gasteiger partial charge in [-0.1, -0.05) is 48.5 Å². The van der Waals surface area contributed by atoms with E-state index >= 15 is 0 Å². The van der Waals surface area contributed by atoms with E-state index in [0.29, 0.717) is 22.4 Å². The molecular weight excluding hydrogens is 427 g/mol. The highest BCUT2D eigenvalue weighted by molar-refractivity contribution is 5.86. The predicted octanol–water partition coefficient (Wildman–Crippen LogP) is 7.28. The minimum Gasteiger partial charge on any atom is -0.480 e. The summed E-state index contributed by atoms with van der Waals surface area (Å²) in [7, 11) is 1.85. The first kappa shape index (κ1) is 20.9. The molecule has 1 unspecified atom stereocenters. The first-order chi connectivity index (χ1) is 16.0. The van der Waals surface area contributed by atoms with Crippen LogP contribution in [0, 0.1) is 5.82 Å². The summed E-state index contributed by atoms with van der Waals surface area (Å²) in [4.78, 5) is 0. The van der Waals surface area contributed by atoms with Gasteiger partial charge in [0.2, 0.25) is 0 Å². The van der Waals surface area contributed by atoms with Crippen LogP contribution >= 0.6 is 0 Å². The Hall–Kier alpha value is -3.93. The summed E-state index contributed by atoms with van der Waals surface area (Å²) in [5.41, 5.74) is 5.35. The van der Waals surface area contributed by atoms with Gasteiger partial charge in [-0.05, 0) is 53.1 Å². The number of anilines is 1. The van der Waals surface area contributed by atoms with Crippen LogP contribution in [0.1, 0.15) is 17.2 Å². The molecule has 0 fully saturated rings. The molecule has 166 valence electrons. The Balaban J connectivity index is 1.73. The van der Waals surface area contributed by atoms with Crippen LogP contribution in [0.15, 0.2) is 84.9 Å². The van der Waals surface area contributed by atoms with Crippen molar-refractivity contribution >= 4 is 5.69 Å². The van der Waals surface area contributed by atoms with Gasteiger partial charge in [0, 0.05) is 23.9 Å². The molecule has 4 aromatic rings. The van der Waals surface area contributed by atoms with Crippen molar-refractivity contribution in [3.63, 3.8) is 0 Å². The molecule has 1 aliphatic rings. The van der Waals surface area contributed by atoms with E-state index in [-0.39, 0.29) is 11.6 Å². The molecule has 5 rings (SSSR count). The quantitative estimate of drug-likeness (QED) is 0.349. The number of fused-ring (bicyclic) bond motifs is 3. The monoisotopic (exact) mass is 447 g/mol. The molecule has 1 heterocycles. The molecule has 1 atom stereocenters. The fraction of sp³-hybridized carbons (Fsp3) is 0.111. The van der Waals surface area contributed by atoms with Crippen molar-refractivity contribution in [1.82, 2.24) is 0 Å². The summed E-state index contributed by atoms with van der Waals surface area (Å²) in [6.45, 7) is -2.97. The van der Waals surface area contributed by atoms with Crippen molar-refractivity contribution in [3.8, 4) is 33.8 Å². The summed E-state index contributed by atoms with van der Waals surface area (Å²) in [6.07, 6.45) is -0.619. The van der Waals surface area contributed by atoms with Crippen LogP contribution in [-0.2, 0) is 0 Å². The zero-order valence-electron chi connectivity index (χ0n) is 17.7. The molecule has 0 saturated heterocycles. The van der Waals surface area contributed by atoms with E-state index in [0.717, 1.165) is 22.4 Å². The van der Waals surface area contributed by atoms with E-state index in [1.54, 1.807) is 24.3 Å². The van der Waals surface area contributed by atoms with Crippen molar-refractivity contribution < 1.29 is 22.6 Å². The first-order valence-corrected chi connectivity index (χ1v) is 10.5. The van der Waals surface area contributed by atoms with Crippen LogP contribution < -0.4 is 14.8 Å². The molecule has 4 aromatic carbocycles. The topological polar surface area (TPSA) is 30.5 Å². The van der Waals surface area contributed by atoms with Crippen molar-refractivity contribution in [2.75, 3.05) is 12.4 Å². The van der Waals surface area contributed by atoms with Crippen LogP contribution in [0.4, 0.5) is 18.9 Å². The van der Waals surface area contributed by atoms with E-state index in [1.165, 1.54) is 18.2 Å². The smallest absolute Gasteiger partial charge is 0.387 e. The maximum absolute atomic E-state index is 14.1. The molecule has 0 radical (unpaired) electrons. The second-order valence-electron chi connectivity index (χ2n) is 7.66. The van der Waals surface area contributed by atoms with Crippen LogP contribution in [0.3, 0.4) is 0 Å². The van der Waals surface area contributed by atoms with Crippen molar-refractivity contribution in [3.05, 3.63) is 102 Å². The fourth-order valence-corrected chi connectivity index (χ4v) is 4.30. The minimum atomic E-state index is -2.97. The number of hydrogen-bond acceptors (Lipinski definition) is 3. The lowest BCUT2D eigenvalue weighted by molar-refractivity contribution is -0.0496. The van der Waals surface area contributed by atoms with E-state index in [1.807, 2.05) is 49.5 Å². The fourth-order valence-electron chi connectivity index (χ4n) is 4.30. The molecule has 1 aliphatic heterocycles. The third-order valence-electron chi connectivity index (χ3n) is 5.71. The van der Waals surface area contributed by atoms with Gasteiger partial charge in [-0.25, -0.2) is 4.39 Å². The van der Waals surface area contributed by atoms with Gasteiger partial charge in [-0.2, -0.15) is 8.78 Å². The number of nitrogens with one attached hydrogen (secondary N) is 1. The van der Waals surface area contributed by atoms with E-state index in [2.05, 4.69) is 5.32 Å². The Morgan fingerprint density at radius 1 is 0.879 bits per heavy atom. The average Bonchev–Trinajstić information content (AvgIpc) is 2.82. The number of alkyl halides is 2. The standard InChI is InChI=1S/C27H20F3NO2/c1-31-22-9-3-2-8-19(22)16-12-13-20-21(15-16)26(17-6-4-7-18(28)14-17)32-23-10-5-11-24(25(20)23)33-27(29)30/h2-15,26-27,31H,1H3. The third kappa shape index (κ3) is 3.89. The van der Waals surface area contributed by atoms with Crippen LogP contribution in [0.25, 0.3) is 22.3 Å². The highest BCUT2D eigenvalue weighted by atomic mass is 19.3. The Morgan fingerprint density at radius 3 is 2.48 bits per heavy atom. The average molecular weight is 447 g/mol. The van der Waals surface area contributed by atoms with E-state index < -0.39 is 12.7 Å². The molecule has 3 nitrogen and oxygen atoms in total. The SMILES string of the molecule is CNc1ccccc1-c1ccc2c(c1)C(c1cccc(F)c1)Oc1cccc(OC(F)F)c1-2. The predicted molar refractivity (Wildman–Crippen MR) is 122 cm³/mol. The Kier molecular flexibility index (Phi) is 5.42. The maximum Gasteiger partial charge on any atom is 0.387 e. The molecule has 0 saturated carbocycles. The molecule has 33 heavy (non-hydrogen) atoms. The van der Waals surface area contributed by atoms with Gasteiger partial charge in [-0.15, -0.1) is 0 Å². The lowest BCUT2D eigenvalue weighted by atomic mass is 9.86. The normalized spacial score (nSPS) is 14.3. The molecule has 0 bridgehead atoms. The van der Waals surface area contributed by atoms with Gasteiger partial charge < -0.3 is 14.8 Å². The first-order valence-electron chi connectivity index (χ1n) is 10.5. The molecule has 0 aromatic heterocycles. The van der Waals surface area contributed by atoms with E-state index in [4.69, 9.17) is 9.47 Å². The Bertz CT molecular complexity index is 1320. The zero-order chi connectivity index (χ0) is 22.9. The highest BCUT2D eigenvalue weighted by Gasteiger charge is 2.31. The van der Waals surface area contributed by atoms with Crippen molar-refractivity contribution in [2.45, 2.75) is 12.7 Å². The number of hydrogen-bond donors (Lipinski definition) is 1. The molecule has 1 N–H and O–H groups in total. The molecule has 0 spiro atoms. The maximum atomic E-state index is 14.1. The summed E-state index contributed by atoms with van der Waals surface area (Å²) in [6, 6.07) is 24.6. The highest BCUT2D eigenvalue weighted by Crippen LogP contribution is 2.50. The van der Waals surface area contributed by atoms with Gasteiger partial charge in [0.1, 0.15) is 23.4 Å². The molecule has 6 heteroatoms. The van der Waals surface area contributed by atoms with Crippen LogP contribution in [-0.4, -0.2) is 13.7 Å².